The Balaban J connectivity index is 2.09. The van der Waals surface area contributed by atoms with Crippen molar-refractivity contribution >= 4 is 5.82 Å². The molecule has 0 saturated carbocycles. The van der Waals surface area contributed by atoms with Crippen molar-refractivity contribution in [3.05, 3.63) is 24.0 Å². The number of nitrogen functional groups attached to an aromatic ring is 1. The van der Waals surface area contributed by atoms with Gasteiger partial charge in [0, 0.05) is 6.42 Å². The molecule has 18 heavy (non-hydrogen) atoms. The number of fused-ring (bicyclic) bond motifs is 1. The van der Waals surface area contributed by atoms with Gasteiger partial charge in [-0.2, -0.15) is 0 Å². The number of rotatable bonds is 2. The number of hydrogen-bond acceptors (Lipinski definition) is 5. The van der Waals surface area contributed by atoms with E-state index in [1.54, 1.807) is 0 Å². The molecule has 5 nitrogen and oxygen atoms in total. The lowest BCUT2D eigenvalue weighted by Crippen LogP contribution is -2.15. The molecule has 1 aliphatic heterocycles. The molecule has 94 valence electrons. The highest BCUT2D eigenvalue weighted by atomic mass is 16.6. The predicted octanol–water partition coefficient (Wildman–Crippen LogP) is 2.26. The Labute approximate surface area is 104 Å². The van der Waals surface area contributed by atoms with E-state index in [9.17, 15) is 0 Å². The zero-order chi connectivity index (χ0) is 12.5. The SMILES string of the molecule is CCc1onc(N)c1-c1ccc2c(c1)OCCO2. The Morgan fingerprint density at radius 3 is 2.78 bits per heavy atom. The van der Waals surface area contributed by atoms with Crippen molar-refractivity contribution < 1.29 is 14.0 Å². The molecule has 0 amide bonds. The second kappa shape index (κ2) is 4.25. The fourth-order valence-corrected chi connectivity index (χ4v) is 2.09. The number of hydrogen-bond donors (Lipinski definition) is 1. The molecule has 0 fully saturated rings. The van der Waals surface area contributed by atoms with Gasteiger partial charge < -0.3 is 19.7 Å². The average molecular weight is 246 g/mol. The van der Waals surface area contributed by atoms with Crippen LogP contribution in [0.25, 0.3) is 11.1 Å². The van der Waals surface area contributed by atoms with Crippen LogP contribution < -0.4 is 15.2 Å². The van der Waals surface area contributed by atoms with E-state index in [0.717, 1.165) is 34.8 Å². The lowest BCUT2D eigenvalue weighted by molar-refractivity contribution is 0.171. The lowest BCUT2D eigenvalue weighted by Gasteiger charge is -2.18. The molecule has 2 N–H and O–H groups in total. The predicted molar refractivity (Wildman–Crippen MR) is 66.7 cm³/mol. The maximum absolute atomic E-state index is 5.85. The minimum absolute atomic E-state index is 0.406. The fraction of sp³-hybridized carbons (Fsp3) is 0.308. The Kier molecular flexibility index (Phi) is 2.59. The van der Waals surface area contributed by atoms with E-state index in [2.05, 4.69) is 5.16 Å². The van der Waals surface area contributed by atoms with Crippen molar-refractivity contribution in [3.8, 4) is 22.6 Å². The first kappa shape index (κ1) is 11.0. The minimum Gasteiger partial charge on any atom is -0.486 e. The standard InChI is InChI=1S/C13H14N2O3/c1-2-9-12(13(14)15-18-9)8-3-4-10-11(7-8)17-6-5-16-10/h3-4,7H,2,5-6H2,1H3,(H2,14,15). The first-order valence-electron chi connectivity index (χ1n) is 5.93. The summed E-state index contributed by atoms with van der Waals surface area (Å²) < 4.78 is 16.2. The van der Waals surface area contributed by atoms with Crippen molar-refractivity contribution in [1.29, 1.82) is 0 Å². The van der Waals surface area contributed by atoms with Gasteiger partial charge >= 0.3 is 0 Å². The number of benzene rings is 1. The van der Waals surface area contributed by atoms with Crippen LogP contribution in [0.15, 0.2) is 22.7 Å². The van der Waals surface area contributed by atoms with Crippen LogP contribution in [0.5, 0.6) is 11.5 Å². The van der Waals surface area contributed by atoms with Crippen LogP contribution in [0, 0.1) is 0 Å². The van der Waals surface area contributed by atoms with Crippen LogP contribution in [0.2, 0.25) is 0 Å². The van der Waals surface area contributed by atoms with Crippen LogP contribution >= 0.6 is 0 Å². The Morgan fingerprint density at radius 2 is 2.00 bits per heavy atom. The third-order valence-corrected chi connectivity index (χ3v) is 2.94. The van der Waals surface area contributed by atoms with Crippen molar-refractivity contribution in [2.75, 3.05) is 18.9 Å². The Morgan fingerprint density at radius 1 is 1.22 bits per heavy atom. The van der Waals surface area contributed by atoms with Gasteiger partial charge in [0.15, 0.2) is 17.3 Å². The van der Waals surface area contributed by atoms with Gasteiger partial charge in [-0.25, -0.2) is 0 Å². The monoisotopic (exact) mass is 246 g/mol. The van der Waals surface area contributed by atoms with E-state index in [-0.39, 0.29) is 0 Å². The normalized spacial score (nSPS) is 13.6. The zero-order valence-corrected chi connectivity index (χ0v) is 10.1. The van der Waals surface area contributed by atoms with Gasteiger partial charge in [-0.05, 0) is 17.7 Å². The van der Waals surface area contributed by atoms with E-state index >= 15 is 0 Å². The topological polar surface area (TPSA) is 70.5 Å². The van der Waals surface area contributed by atoms with E-state index in [4.69, 9.17) is 19.7 Å². The molecule has 0 spiro atoms. The molecule has 2 aromatic rings. The summed E-state index contributed by atoms with van der Waals surface area (Å²) in [6, 6.07) is 5.74. The number of nitrogens with two attached hydrogens (primary N) is 1. The molecule has 0 radical (unpaired) electrons. The summed E-state index contributed by atoms with van der Waals surface area (Å²) in [4.78, 5) is 0. The van der Waals surface area contributed by atoms with Gasteiger partial charge in [-0.3, -0.25) is 0 Å². The maximum atomic E-state index is 5.85. The first-order valence-corrected chi connectivity index (χ1v) is 5.93. The van der Waals surface area contributed by atoms with E-state index in [0.29, 0.717) is 19.0 Å². The quantitative estimate of drug-likeness (QED) is 0.880. The summed E-state index contributed by atoms with van der Waals surface area (Å²) in [6.07, 6.45) is 0.744. The van der Waals surface area contributed by atoms with E-state index < -0.39 is 0 Å². The molecule has 0 atom stereocenters. The zero-order valence-electron chi connectivity index (χ0n) is 10.1. The highest BCUT2D eigenvalue weighted by molar-refractivity contribution is 5.77. The molecular weight excluding hydrogens is 232 g/mol. The van der Waals surface area contributed by atoms with Crippen molar-refractivity contribution in [3.63, 3.8) is 0 Å². The highest BCUT2D eigenvalue weighted by Gasteiger charge is 2.18. The van der Waals surface area contributed by atoms with Crippen molar-refractivity contribution in [2.45, 2.75) is 13.3 Å². The Hall–Kier alpha value is -2.17. The molecule has 0 bridgehead atoms. The van der Waals surface area contributed by atoms with Gasteiger partial charge in [-0.1, -0.05) is 18.1 Å². The van der Waals surface area contributed by atoms with Crippen molar-refractivity contribution in [1.82, 2.24) is 5.16 Å². The first-order chi connectivity index (χ1) is 8.79. The molecule has 0 aliphatic carbocycles. The third-order valence-electron chi connectivity index (χ3n) is 2.94. The van der Waals surface area contributed by atoms with Gasteiger partial charge in [0.2, 0.25) is 0 Å². The van der Waals surface area contributed by atoms with Crippen LogP contribution in [0.4, 0.5) is 5.82 Å². The summed E-state index contributed by atoms with van der Waals surface area (Å²) >= 11 is 0. The maximum Gasteiger partial charge on any atom is 0.175 e. The molecule has 0 unspecified atom stereocenters. The van der Waals surface area contributed by atoms with Crippen LogP contribution in [-0.4, -0.2) is 18.4 Å². The van der Waals surface area contributed by atoms with Crippen LogP contribution in [0.1, 0.15) is 12.7 Å². The summed E-state index contributed by atoms with van der Waals surface area (Å²) in [7, 11) is 0. The molecule has 5 heteroatoms. The lowest BCUT2D eigenvalue weighted by atomic mass is 10.0. The number of ether oxygens (including phenoxy) is 2. The fourth-order valence-electron chi connectivity index (χ4n) is 2.09. The number of nitrogens with zero attached hydrogens (tertiary/aromatic N) is 1. The molecule has 0 saturated heterocycles. The number of aryl methyl sites for hydroxylation is 1. The van der Waals surface area contributed by atoms with Crippen LogP contribution in [0.3, 0.4) is 0 Å². The molecule has 1 aromatic heterocycles. The summed E-state index contributed by atoms with van der Waals surface area (Å²) in [6.45, 7) is 3.15. The molecule has 2 heterocycles. The molecule has 1 aromatic carbocycles. The van der Waals surface area contributed by atoms with E-state index in [1.807, 2.05) is 25.1 Å². The number of anilines is 1. The number of aromatic nitrogens is 1. The largest absolute Gasteiger partial charge is 0.486 e. The molecule has 1 aliphatic rings. The van der Waals surface area contributed by atoms with Gasteiger partial charge in [0.1, 0.15) is 19.0 Å². The Bertz CT molecular complexity index is 578. The van der Waals surface area contributed by atoms with Gasteiger partial charge in [-0.15, -0.1) is 0 Å². The van der Waals surface area contributed by atoms with E-state index in [1.165, 1.54) is 0 Å². The highest BCUT2D eigenvalue weighted by Crippen LogP contribution is 2.37. The summed E-state index contributed by atoms with van der Waals surface area (Å²) in [5, 5.41) is 3.81. The summed E-state index contributed by atoms with van der Waals surface area (Å²) in [5.74, 6) is 2.69. The third kappa shape index (κ3) is 1.68. The van der Waals surface area contributed by atoms with Gasteiger partial charge in [0.05, 0.1) is 5.56 Å². The average Bonchev–Trinajstić information content (AvgIpc) is 2.79. The second-order valence-corrected chi connectivity index (χ2v) is 4.08. The van der Waals surface area contributed by atoms with Crippen molar-refractivity contribution in [2.24, 2.45) is 0 Å². The van der Waals surface area contributed by atoms with Gasteiger partial charge in [0.25, 0.3) is 0 Å². The van der Waals surface area contributed by atoms with Crippen LogP contribution in [-0.2, 0) is 6.42 Å². The summed E-state index contributed by atoms with van der Waals surface area (Å²) in [5.41, 5.74) is 7.63. The molecule has 3 rings (SSSR count). The molecular formula is C13H14N2O3. The minimum atomic E-state index is 0.406. The smallest absolute Gasteiger partial charge is 0.175 e. The second-order valence-electron chi connectivity index (χ2n) is 4.08.